The topological polar surface area (TPSA) is 76.7 Å². The van der Waals surface area contributed by atoms with Gasteiger partial charge in [-0.25, -0.2) is 0 Å². The van der Waals surface area contributed by atoms with E-state index in [1.54, 1.807) is 12.1 Å². The van der Waals surface area contributed by atoms with E-state index >= 15 is 0 Å². The maximum absolute atomic E-state index is 12.0. The van der Waals surface area contributed by atoms with Crippen molar-refractivity contribution in [1.82, 2.24) is 10.6 Å². The Morgan fingerprint density at radius 3 is 2.66 bits per heavy atom. The molecule has 162 valence electrons. The minimum absolute atomic E-state index is 0.0364. The first kappa shape index (κ1) is 24.7. The quantitative estimate of drug-likeness (QED) is 0.212. The van der Waals surface area contributed by atoms with Gasteiger partial charge in [-0.3, -0.25) is 9.59 Å². The standard InChI is InChI=1S/C23H36N2O4/c1-5-14-24-17-23(27)29-20-13-12-19(15-21(20)28-4)16-25-22(26)11-9-7-6-8-10-18(2)3/h8,10,12-13,15,18,24H,5-7,9,11,14,16-17H2,1-4H3,(H,25,26)/b10-8+. The second kappa shape index (κ2) is 14.6. The third-order valence-electron chi connectivity index (χ3n) is 4.18. The van der Waals surface area contributed by atoms with Gasteiger partial charge in [0.15, 0.2) is 11.5 Å². The van der Waals surface area contributed by atoms with Crippen molar-refractivity contribution in [2.45, 2.75) is 59.4 Å². The summed E-state index contributed by atoms with van der Waals surface area (Å²) in [4.78, 5) is 23.9. The monoisotopic (exact) mass is 404 g/mol. The molecule has 0 saturated heterocycles. The van der Waals surface area contributed by atoms with E-state index in [2.05, 4.69) is 36.6 Å². The van der Waals surface area contributed by atoms with E-state index in [-0.39, 0.29) is 18.4 Å². The summed E-state index contributed by atoms with van der Waals surface area (Å²) < 4.78 is 10.7. The SMILES string of the molecule is CCCNCC(=O)Oc1ccc(CNC(=O)CCCC/C=C/C(C)C)cc1OC. The van der Waals surface area contributed by atoms with Gasteiger partial charge < -0.3 is 20.1 Å². The Morgan fingerprint density at radius 2 is 1.97 bits per heavy atom. The van der Waals surface area contributed by atoms with E-state index in [0.717, 1.165) is 37.8 Å². The number of hydrogen-bond acceptors (Lipinski definition) is 5. The Bertz CT molecular complexity index is 656. The Balaban J connectivity index is 2.40. The van der Waals surface area contributed by atoms with Crippen LogP contribution in [0.25, 0.3) is 0 Å². The third kappa shape index (κ3) is 11.3. The lowest BCUT2D eigenvalue weighted by Crippen LogP contribution is -2.27. The lowest BCUT2D eigenvalue weighted by atomic mass is 10.1. The molecule has 0 bridgehead atoms. The number of allylic oxidation sites excluding steroid dienone is 2. The van der Waals surface area contributed by atoms with Gasteiger partial charge in [-0.1, -0.05) is 39.0 Å². The van der Waals surface area contributed by atoms with Crippen molar-refractivity contribution >= 4 is 11.9 Å². The van der Waals surface area contributed by atoms with Crippen LogP contribution in [0.15, 0.2) is 30.4 Å². The van der Waals surface area contributed by atoms with Crippen LogP contribution in [0.3, 0.4) is 0 Å². The molecule has 0 aliphatic heterocycles. The summed E-state index contributed by atoms with van der Waals surface area (Å²) in [7, 11) is 1.53. The highest BCUT2D eigenvalue weighted by Crippen LogP contribution is 2.28. The van der Waals surface area contributed by atoms with Crippen molar-refractivity contribution in [3.05, 3.63) is 35.9 Å². The van der Waals surface area contributed by atoms with Crippen LogP contribution >= 0.6 is 0 Å². The van der Waals surface area contributed by atoms with Crippen LogP contribution in [0.1, 0.15) is 58.4 Å². The number of unbranched alkanes of at least 4 members (excludes halogenated alkanes) is 2. The molecule has 6 heteroatoms. The number of hydrogen-bond donors (Lipinski definition) is 2. The summed E-state index contributed by atoms with van der Waals surface area (Å²) in [5.41, 5.74) is 0.888. The maximum Gasteiger partial charge on any atom is 0.325 e. The number of rotatable bonds is 14. The second-order valence-corrected chi connectivity index (χ2v) is 7.33. The maximum atomic E-state index is 12.0. The molecule has 0 fully saturated rings. The Hall–Kier alpha value is -2.34. The van der Waals surface area contributed by atoms with Gasteiger partial charge in [-0.15, -0.1) is 0 Å². The first-order chi connectivity index (χ1) is 14.0. The summed E-state index contributed by atoms with van der Waals surface area (Å²) in [6, 6.07) is 5.29. The summed E-state index contributed by atoms with van der Waals surface area (Å²) in [5, 5.41) is 5.93. The molecule has 1 rings (SSSR count). The summed E-state index contributed by atoms with van der Waals surface area (Å²) in [6.07, 6.45) is 8.74. The minimum atomic E-state index is -0.360. The van der Waals surface area contributed by atoms with Gasteiger partial charge in [0.25, 0.3) is 0 Å². The molecule has 1 aromatic rings. The molecule has 1 aromatic carbocycles. The van der Waals surface area contributed by atoms with E-state index in [9.17, 15) is 9.59 Å². The van der Waals surface area contributed by atoms with Crippen molar-refractivity contribution in [1.29, 1.82) is 0 Å². The van der Waals surface area contributed by atoms with E-state index in [0.29, 0.717) is 30.4 Å². The van der Waals surface area contributed by atoms with Gasteiger partial charge in [-0.2, -0.15) is 0 Å². The fourth-order valence-corrected chi connectivity index (χ4v) is 2.64. The lowest BCUT2D eigenvalue weighted by molar-refractivity contribution is -0.133. The molecule has 0 spiro atoms. The van der Waals surface area contributed by atoms with Crippen LogP contribution in [-0.2, 0) is 16.1 Å². The van der Waals surface area contributed by atoms with E-state index in [1.165, 1.54) is 7.11 Å². The number of amides is 1. The van der Waals surface area contributed by atoms with Crippen molar-refractivity contribution < 1.29 is 19.1 Å². The first-order valence-electron chi connectivity index (χ1n) is 10.5. The predicted molar refractivity (Wildman–Crippen MR) is 116 cm³/mol. The number of esters is 1. The number of carbonyl (C=O) groups excluding carboxylic acids is 2. The predicted octanol–water partition coefficient (Wildman–Crippen LogP) is 3.99. The molecule has 0 unspecified atom stereocenters. The Kier molecular flexibility index (Phi) is 12.5. The third-order valence-corrected chi connectivity index (χ3v) is 4.18. The van der Waals surface area contributed by atoms with Gasteiger partial charge in [0.1, 0.15) is 0 Å². The van der Waals surface area contributed by atoms with E-state index in [4.69, 9.17) is 9.47 Å². The number of nitrogens with one attached hydrogen (secondary N) is 2. The van der Waals surface area contributed by atoms with Crippen molar-refractivity contribution in [3.8, 4) is 11.5 Å². The molecule has 0 radical (unpaired) electrons. The molecule has 0 aliphatic carbocycles. The summed E-state index contributed by atoms with van der Waals surface area (Å²) in [6.45, 7) is 7.67. The number of carbonyl (C=O) groups is 2. The molecule has 1 amide bonds. The van der Waals surface area contributed by atoms with Crippen molar-refractivity contribution in [3.63, 3.8) is 0 Å². The zero-order valence-corrected chi connectivity index (χ0v) is 18.3. The molecular weight excluding hydrogens is 368 g/mol. The van der Waals surface area contributed by atoms with Gasteiger partial charge >= 0.3 is 5.97 Å². The molecule has 2 N–H and O–H groups in total. The molecular formula is C23H36N2O4. The smallest absolute Gasteiger partial charge is 0.325 e. The van der Waals surface area contributed by atoms with Crippen LogP contribution in [0.2, 0.25) is 0 Å². The van der Waals surface area contributed by atoms with Gasteiger partial charge in [0.2, 0.25) is 5.91 Å². The van der Waals surface area contributed by atoms with Crippen molar-refractivity contribution in [2.75, 3.05) is 20.2 Å². The Labute approximate surface area is 175 Å². The molecule has 29 heavy (non-hydrogen) atoms. The number of ether oxygens (including phenoxy) is 2. The van der Waals surface area contributed by atoms with Crippen LogP contribution in [0.4, 0.5) is 0 Å². The van der Waals surface area contributed by atoms with E-state index in [1.807, 2.05) is 13.0 Å². The average Bonchev–Trinajstić information content (AvgIpc) is 2.69. The molecule has 0 saturated carbocycles. The molecule has 6 nitrogen and oxygen atoms in total. The van der Waals surface area contributed by atoms with Crippen LogP contribution in [-0.4, -0.2) is 32.1 Å². The minimum Gasteiger partial charge on any atom is -0.493 e. The second-order valence-electron chi connectivity index (χ2n) is 7.33. The fraction of sp³-hybridized carbons (Fsp3) is 0.565. The molecule has 0 aromatic heterocycles. The van der Waals surface area contributed by atoms with E-state index < -0.39 is 0 Å². The highest BCUT2D eigenvalue weighted by molar-refractivity contribution is 5.76. The average molecular weight is 405 g/mol. The number of methoxy groups -OCH3 is 1. The van der Waals surface area contributed by atoms with Crippen LogP contribution < -0.4 is 20.1 Å². The highest BCUT2D eigenvalue weighted by atomic mass is 16.6. The summed E-state index contributed by atoms with van der Waals surface area (Å²) >= 11 is 0. The normalized spacial score (nSPS) is 11.1. The molecule has 0 atom stereocenters. The van der Waals surface area contributed by atoms with Gasteiger partial charge in [0.05, 0.1) is 13.7 Å². The molecule has 0 heterocycles. The lowest BCUT2D eigenvalue weighted by Gasteiger charge is -2.12. The largest absolute Gasteiger partial charge is 0.493 e. The van der Waals surface area contributed by atoms with Crippen LogP contribution in [0, 0.1) is 5.92 Å². The fourth-order valence-electron chi connectivity index (χ4n) is 2.64. The van der Waals surface area contributed by atoms with Gasteiger partial charge in [0, 0.05) is 13.0 Å². The molecule has 0 aliphatic rings. The highest BCUT2D eigenvalue weighted by Gasteiger charge is 2.11. The van der Waals surface area contributed by atoms with Crippen LogP contribution in [0.5, 0.6) is 11.5 Å². The zero-order chi connectivity index (χ0) is 21.5. The summed E-state index contributed by atoms with van der Waals surface area (Å²) in [5.74, 6) is 1.09. The first-order valence-corrected chi connectivity index (χ1v) is 10.5. The van der Waals surface area contributed by atoms with Gasteiger partial charge in [-0.05, 0) is 55.8 Å². The van der Waals surface area contributed by atoms with Crippen molar-refractivity contribution in [2.24, 2.45) is 5.92 Å². The zero-order valence-electron chi connectivity index (χ0n) is 18.3. The number of benzene rings is 1. The Morgan fingerprint density at radius 1 is 1.17 bits per heavy atom.